The van der Waals surface area contributed by atoms with Crippen molar-refractivity contribution < 1.29 is 13.9 Å². The predicted octanol–water partition coefficient (Wildman–Crippen LogP) is 3.13. The molecule has 0 saturated carbocycles. The molecule has 0 bridgehead atoms. The summed E-state index contributed by atoms with van der Waals surface area (Å²) in [6.45, 7) is 1.22. The van der Waals surface area contributed by atoms with Crippen LogP contribution in [0.15, 0.2) is 42.5 Å². The van der Waals surface area contributed by atoms with Crippen LogP contribution in [0.25, 0.3) is 0 Å². The highest BCUT2D eigenvalue weighted by molar-refractivity contribution is 5.40. The van der Waals surface area contributed by atoms with E-state index < -0.39 is 0 Å². The molecule has 0 aliphatic rings. The van der Waals surface area contributed by atoms with Gasteiger partial charge in [0.2, 0.25) is 0 Å². The van der Waals surface area contributed by atoms with Gasteiger partial charge in [0, 0.05) is 18.7 Å². The van der Waals surface area contributed by atoms with Crippen LogP contribution in [0.4, 0.5) is 4.39 Å². The summed E-state index contributed by atoms with van der Waals surface area (Å²) in [5.74, 6) is 1.37. The van der Waals surface area contributed by atoms with Gasteiger partial charge in [0.15, 0.2) is 0 Å². The summed E-state index contributed by atoms with van der Waals surface area (Å²) >= 11 is 0. The Hall–Kier alpha value is -2.07. The van der Waals surface area contributed by atoms with Crippen LogP contribution in [0.5, 0.6) is 11.5 Å². The van der Waals surface area contributed by atoms with Gasteiger partial charge in [-0.1, -0.05) is 12.1 Å². The molecule has 1 N–H and O–H groups in total. The summed E-state index contributed by atoms with van der Waals surface area (Å²) in [6, 6.07) is 12.2. The van der Waals surface area contributed by atoms with E-state index in [1.165, 1.54) is 12.1 Å². The van der Waals surface area contributed by atoms with Gasteiger partial charge in [-0.2, -0.15) is 0 Å². The molecule has 0 atom stereocenters. The van der Waals surface area contributed by atoms with E-state index in [-0.39, 0.29) is 5.82 Å². The lowest BCUT2D eigenvalue weighted by atomic mass is 10.1. The molecule has 3 nitrogen and oxygen atoms in total. The first-order valence-electron chi connectivity index (χ1n) is 6.39. The van der Waals surface area contributed by atoms with Crippen LogP contribution in [0.1, 0.15) is 11.1 Å². The van der Waals surface area contributed by atoms with E-state index in [1.54, 1.807) is 20.3 Å². The van der Waals surface area contributed by atoms with E-state index >= 15 is 0 Å². The topological polar surface area (TPSA) is 30.5 Å². The summed E-state index contributed by atoms with van der Waals surface area (Å²) in [4.78, 5) is 0. The molecule has 0 aliphatic heterocycles. The summed E-state index contributed by atoms with van der Waals surface area (Å²) in [6.07, 6.45) is 0. The number of hydrogen-bond acceptors (Lipinski definition) is 3. The van der Waals surface area contributed by atoms with Crippen molar-refractivity contribution in [2.75, 3.05) is 14.2 Å². The lowest BCUT2D eigenvalue weighted by Crippen LogP contribution is -2.13. The first kappa shape index (κ1) is 14.3. The van der Waals surface area contributed by atoms with Crippen LogP contribution in [-0.2, 0) is 13.1 Å². The molecule has 2 aromatic carbocycles. The smallest absolute Gasteiger partial charge is 0.123 e. The maximum absolute atomic E-state index is 13.1. The zero-order valence-electron chi connectivity index (χ0n) is 11.7. The average molecular weight is 275 g/mol. The van der Waals surface area contributed by atoms with Gasteiger partial charge in [-0.3, -0.25) is 0 Å². The number of methoxy groups -OCH3 is 2. The highest BCUT2D eigenvalue weighted by Crippen LogP contribution is 2.23. The number of hydrogen-bond donors (Lipinski definition) is 1. The number of rotatable bonds is 6. The van der Waals surface area contributed by atoms with Crippen molar-refractivity contribution in [3.05, 3.63) is 59.4 Å². The molecule has 0 unspecified atom stereocenters. The molecule has 20 heavy (non-hydrogen) atoms. The van der Waals surface area contributed by atoms with Crippen molar-refractivity contribution in [1.82, 2.24) is 5.32 Å². The molecule has 106 valence electrons. The van der Waals surface area contributed by atoms with Gasteiger partial charge in [-0.15, -0.1) is 0 Å². The highest BCUT2D eigenvalue weighted by atomic mass is 19.1. The Labute approximate surface area is 118 Å². The van der Waals surface area contributed by atoms with Gasteiger partial charge in [0.25, 0.3) is 0 Å². The fraction of sp³-hybridized carbons (Fsp3) is 0.250. The minimum atomic E-state index is -0.219. The Balaban J connectivity index is 1.99. The standard InChI is InChI=1S/C16H18FNO2/c1-19-15-6-7-16(20-2)13(9-15)11-18-10-12-4-3-5-14(17)8-12/h3-9,18H,10-11H2,1-2H3. The number of nitrogens with one attached hydrogen (secondary N) is 1. The third-order valence-electron chi connectivity index (χ3n) is 3.02. The normalized spacial score (nSPS) is 10.3. The molecule has 2 aromatic rings. The zero-order chi connectivity index (χ0) is 14.4. The van der Waals surface area contributed by atoms with Gasteiger partial charge < -0.3 is 14.8 Å². The minimum absolute atomic E-state index is 0.219. The van der Waals surface area contributed by atoms with E-state index in [2.05, 4.69) is 5.32 Å². The molecule has 0 heterocycles. The molecule has 0 saturated heterocycles. The van der Waals surface area contributed by atoms with Gasteiger partial charge in [-0.05, 0) is 35.9 Å². The van der Waals surface area contributed by atoms with Crippen LogP contribution in [0.2, 0.25) is 0 Å². The maximum atomic E-state index is 13.1. The van der Waals surface area contributed by atoms with Crippen LogP contribution in [0.3, 0.4) is 0 Å². The maximum Gasteiger partial charge on any atom is 0.123 e. The first-order valence-corrected chi connectivity index (χ1v) is 6.39. The zero-order valence-corrected chi connectivity index (χ0v) is 11.7. The second-order valence-electron chi connectivity index (χ2n) is 4.41. The molecular weight excluding hydrogens is 257 g/mol. The summed E-state index contributed by atoms with van der Waals surface area (Å²) in [5.41, 5.74) is 1.91. The molecule has 0 radical (unpaired) electrons. The van der Waals surface area contributed by atoms with Crippen LogP contribution in [0, 0.1) is 5.82 Å². The number of ether oxygens (including phenoxy) is 2. The Kier molecular flexibility index (Phi) is 4.96. The van der Waals surface area contributed by atoms with E-state index in [4.69, 9.17) is 9.47 Å². The Morgan fingerprint density at radius 1 is 1.00 bits per heavy atom. The monoisotopic (exact) mass is 275 g/mol. The third-order valence-corrected chi connectivity index (χ3v) is 3.02. The lowest BCUT2D eigenvalue weighted by molar-refractivity contribution is 0.397. The van der Waals surface area contributed by atoms with Crippen molar-refractivity contribution >= 4 is 0 Å². The van der Waals surface area contributed by atoms with Gasteiger partial charge in [0.1, 0.15) is 17.3 Å². The van der Waals surface area contributed by atoms with Gasteiger partial charge >= 0.3 is 0 Å². The van der Waals surface area contributed by atoms with Crippen LogP contribution < -0.4 is 14.8 Å². The molecule has 0 aliphatic carbocycles. The van der Waals surface area contributed by atoms with Crippen molar-refractivity contribution in [2.24, 2.45) is 0 Å². The second-order valence-corrected chi connectivity index (χ2v) is 4.41. The van der Waals surface area contributed by atoms with E-state index in [1.807, 2.05) is 24.3 Å². The van der Waals surface area contributed by atoms with Crippen molar-refractivity contribution in [2.45, 2.75) is 13.1 Å². The summed E-state index contributed by atoms with van der Waals surface area (Å²) < 4.78 is 23.6. The third kappa shape index (κ3) is 3.71. The molecule has 0 spiro atoms. The lowest BCUT2D eigenvalue weighted by Gasteiger charge is -2.11. The Morgan fingerprint density at radius 3 is 2.55 bits per heavy atom. The summed E-state index contributed by atoms with van der Waals surface area (Å²) in [7, 11) is 3.27. The fourth-order valence-electron chi connectivity index (χ4n) is 2.01. The number of halogens is 1. The SMILES string of the molecule is COc1ccc(OC)c(CNCc2cccc(F)c2)c1. The first-order chi connectivity index (χ1) is 9.72. The van der Waals surface area contributed by atoms with Gasteiger partial charge in [-0.25, -0.2) is 4.39 Å². The largest absolute Gasteiger partial charge is 0.497 e. The van der Waals surface area contributed by atoms with Gasteiger partial charge in [0.05, 0.1) is 14.2 Å². The highest BCUT2D eigenvalue weighted by Gasteiger charge is 2.05. The van der Waals surface area contributed by atoms with Crippen molar-refractivity contribution in [3.63, 3.8) is 0 Å². The van der Waals surface area contributed by atoms with Crippen molar-refractivity contribution in [1.29, 1.82) is 0 Å². The van der Waals surface area contributed by atoms with E-state index in [9.17, 15) is 4.39 Å². The number of benzene rings is 2. The molecule has 0 amide bonds. The molecule has 2 rings (SSSR count). The Bertz CT molecular complexity index is 572. The quantitative estimate of drug-likeness (QED) is 0.878. The van der Waals surface area contributed by atoms with E-state index in [0.29, 0.717) is 13.1 Å². The molecular formula is C16H18FNO2. The van der Waals surface area contributed by atoms with E-state index in [0.717, 1.165) is 22.6 Å². The molecule has 4 heteroatoms. The van der Waals surface area contributed by atoms with Crippen LogP contribution in [-0.4, -0.2) is 14.2 Å². The molecule has 0 fully saturated rings. The summed E-state index contributed by atoms with van der Waals surface area (Å²) in [5, 5.41) is 3.27. The Morgan fingerprint density at radius 2 is 1.85 bits per heavy atom. The predicted molar refractivity (Wildman–Crippen MR) is 76.5 cm³/mol. The molecule has 0 aromatic heterocycles. The minimum Gasteiger partial charge on any atom is -0.497 e. The second kappa shape index (κ2) is 6.91. The van der Waals surface area contributed by atoms with Crippen LogP contribution >= 0.6 is 0 Å². The van der Waals surface area contributed by atoms with Crippen molar-refractivity contribution in [3.8, 4) is 11.5 Å². The fourth-order valence-corrected chi connectivity index (χ4v) is 2.01. The average Bonchev–Trinajstić information content (AvgIpc) is 2.47.